The number of hydrogen-bond acceptors (Lipinski definition) is 4. The van der Waals surface area contributed by atoms with E-state index < -0.39 is 27.8 Å². The average Bonchev–Trinajstić information content (AvgIpc) is 3.26. The molecule has 6 nitrogen and oxygen atoms in total. The van der Waals surface area contributed by atoms with Gasteiger partial charge in [0.05, 0.1) is 22.7 Å². The zero-order valence-electron chi connectivity index (χ0n) is 13.1. The summed E-state index contributed by atoms with van der Waals surface area (Å²) in [7, 11) is -3.95. The summed E-state index contributed by atoms with van der Waals surface area (Å²) in [5.74, 6) is -0.522. The van der Waals surface area contributed by atoms with Gasteiger partial charge in [-0.05, 0) is 43.2 Å². The van der Waals surface area contributed by atoms with E-state index in [9.17, 15) is 17.6 Å². The van der Waals surface area contributed by atoms with Crippen molar-refractivity contribution in [2.45, 2.75) is 30.3 Å². The van der Waals surface area contributed by atoms with E-state index in [1.807, 2.05) is 0 Å². The van der Waals surface area contributed by atoms with Gasteiger partial charge in [-0.15, -0.1) is 0 Å². The third-order valence-corrected chi connectivity index (χ3v) is 6.21. The monoisotopic (exact) mass is 386 g/mol. The van der Waals surface area contributed by atoms with E-state index in [-0.39, 0.29) is 23.0 Å². The van der Waals surface area contributed by atoms with Crippen molar-refractivity contribution in [3.63, 3.8) is 0 Å². The molecule has 2 aromatic rings. The minimum absolute atomic E-state index is 0.135. The predicted molar refractivity (Wildman–Crippen MR) is 88.9 cm³/mol. The van der Waals surface area contributed by atoms with Crippen molar-refractivity contribution < 1.29 is 22.0 Å². The second-order valence-corrected chi connectivity index (χ2v) is 7.94. The Morgan fingerprint density at radius 3 is 2.88 bits per heavy atom. The SMILES string of the molecule is O=C(NCc1ccco1)C1CCCN1S(=O)(=O)c1ccc(F)c(Cl)c1. The molecule has 1 amide bonds. The molecule has 0 radical (unpaired) electrons. The van der Waals surface area contributed by atoms with Crippen molar-refractivity contribution >= 4 is 27.5 Å². The second-order valence-electron chi connectivity index (χ2n) is 5.65. The second kappa shape index (κ2) is 7.15. The molecule has 1 N–H and O–H groups in total. The van der Waals surface area contributed by atoms with Crippen LogP contribution >= 0.6 is 11.6 Å². The first-order chi connectivity index (χ1) is 11.9. The predicted octanol–water partition coefficient (Wildman–Crippen LogP) is 2.54. The lowest BCUT2D eigenvalue weighted by Gasteiger charge is -2.23. The van der Waals surface area contributed by atoms with Crippen molar-refractivity contribution in [3.8, 4) is 0 Å². The standard InChI is InChI=1S/C16H16ClFN2O4S/c17-13-9-12(5-6-14(13)18)25(22,23)20-7-1-4-15(20)16(21)19-10-11-3-2-8-24-11/h2-3,5-6,8-9,15H,1,4,7,10H2,(H,19,21). The van der Waals surface area contributed by atoms with Gasteiger partial charge < -0.3 is 9.73 Å². The van der Waals surface area contributed by atoms with Crippen LogP contribution in [0.25, 0.3) is 0 Å². The fraction of sp³-hybridized carbons (Fsp3) is 0.312. The maximum atomic E-state index is 13.3. The molecule has 0 aliphatic carbocycles. The Bertz CT molecular complexity index is 870. The van der Waals surface area contributed by atoms with Crippen LogP contribution in [0.3, 0.4) is 0 Å². The maximum absolute atomic E-state index is 13.3. The van der Waals surface area contributed by atoms with E-state index in [0.29, 0.717) is 18.6 Å². The average molecular weight is 387 g/mol. The van der Waals surface area contributed by atoms with Crippen molar-refractivity contribution in [2.75, 3.05) is 6.54 Å². The third kappa shape index (κ3) is 3.70. The van der Waals surface area contributed by atoms with Gasteiger partial charge in [0.2, 0.25) is 15.9 Å². The first-order valence-electron chi connectivity index (χ1n) is 7.66. The van der Waals surface area contributed by atoms with E-state index in [1.54, 1.807) is 12.1 Å². The van der Waals surface area contributed by atoms with Gasteiger partial charge in [-0.3, -0.25) is 4.79 Å². The van der Waals surface area contributed by atoms with Crippen molar-refractivity contribution in [1.82, 2.24) is 9.62 Å². The van der Waals surface area contributed by atoms with Crippen LogP contribution in [0.15, 0.2) is 45.9 Å². The fourth-order valence-electron chi connectivity index (χ4n) is 2.77. The Morgan fingerprint density at radius 1 is 1.40 bits per heavy atom. The molecule has 1 aliphatic rings. The van der Waals surface area contributed by atoms with Crippen LogP contribution in [-0.2, 0) is 21.4 Å². The molecule has 2 heterocycles. The molecule has 9 heteroatoms. The first kappa shape index (κ1) is 17.9. The Hall–Kier alpha value is -1.90. The topological polar surface area (TPSA) is 79.6 Å². The summed E-state index contributed by atoms with van der Waals surface area (Å²) >= 11 is 5.68. The number of rotatable bonds is 5. The summed E-state index contributed by atoms with van der Waals surface area (Å²) in [4.78, 5) is 12.3. The maximum Gasteiger partial charge on any atom is 0.243 e. The molecule has 1 fully saturated rings. The van der Waals surface area contributed by atoms with Gasteiger partial charge in [0.1, 0.15) is 17.6 Å². The summed E-state index contributed by atoms with van der Waals surface area (Å²) in [5.41, 5.74) is 0. The summed E-state index contributed by atoms with van der Waals surface area (Å²) < 4.78 is 45.1. The Labute approximate surface area is 149 Å². The van der Waals surface area contributed by atoms with Gasteiger partial charge in [-0.1, -0.05) is 11.6 Å². The lowest BCUT2D eigenvalue weighted by Crippen LogP contribution is -2.45. The molecule has 1 unspecified atom stereocenters. The van der Waals surface area contributed by atoms with Crippen LogP contribution in [0, 0.1) is 5.82 Å². The van der Waals surface area contributed by atoms with Crippen molar-refractivity contribution in [2.24, 2.45) is 0 Å². The number of furan rings is 1. The minimum atomic E-state index is -3.95. The molecular formula is C16H16ClFN2O4S. The van der Waals surface area contributed by atoms with Crippen LogP contribution < -0.4 is 5.32 Å². The van der Waals surface area contributed by atoms with Crippen molar-refractivity contribution in [3.05, 3.63) is 53.2 Å². The molecule has 1 aromatic carbocycles. The highest BCUT2D eigenvalue weighted by atomic mass is 35.5. The highest BCUT2D eigenvalue weighted by molar-refractivity contribution is 7.89. The number of hydrogen-bond donors (Lipinski definition) is 1. The molecule has 0 saturated carbocycles. The number of sulfonamides is 1. The number of benzene rings is 1. The molecular weight excluding hydrogens is 371 g/mol. The largest absolute Gasteiger partial charge is 0.467 e. The summed E-state index contributed by atoms with van der Waals surface area (Å²) in [5, 5.41) is 2.40. The zero-order valence-corrected chi connectivity index (χ0v) is 14.7. The molecule has 3 rings (SSSR count). The van der Waals surface area contributed by atoms with Crippen LogP contribution in [-0.4, -0.2) is 31.2 Å². The van der Waals surface area contributed by atoms with E-state index in [0.717, 1.165) is 22.5 Å². The van der Waals surface area contributed by atoms with Gasteiger partial charge >= 0.3 is 0 Å². The highest BCUT2D eigenvalue weighted by Gasteiger charge is 2.39. The van der Waals surface area contributed by atoms with Gasteiger partial charge in [0.15, 0.2) is 0 Å². The van der Waals surface area contributed by atoms with Crippen LogP contribution in [0.1, 0.15) is 18.6 Å². The number of nitrogens with one attached hydrogen (secondary N) is 1. The van der Waals surface area contributed by atoms with E-state index in [2.05, 4.69) is 5.32 Å². The highest BCUT2D eigenvalue weighted by Crippen LogP contribution is 2.28. The number of nitrogens with zero attached hydrogens (tertiary/aromatic N) is 1. The summed E-state index contributed by atoms with van der Waals surface area (Å²) in [6.45, 7) is 0.398. The van der Waals surface area contributed by atoms with Gasteiger partial charge in [0.25, 0.3) is 0 Å². The molecule has 1 atom stereocenters. The lowest BCUT2D eigenvalue weighted by molar-refractivity contribution is -0.124. The molecule has 1 saturated heterocycles. The zero-order chi connectivity index (χ0) is 18.0. The minimum Gasteiger partial charge on any atom is -0.467 e. The van der Waals surface area contributed by atoms with Crippen LogP contribution in [0.4, 0.5) is 4.39 Å². The van der Waals surface area contributed by atoms with E-state index in [4.69, 9.17) is 16.0 Å². The normalized spacial score (nSPS) is 18.4. The van der Waals surface area contributed by atoms with Crippen molar-refractivity contribution in [1.29, 1.82) is 0 Å². The van der Waals surface area contributed by atoms with Gasteiger partial charge in [-0.25, -0.2) is 12.8 Å². The van der Waals surface area contributed by atoms with Gasteiger partial charge in [0, 0.05) is 6.54 Å². The van der Waals surface area contributed by atoms with E-state index in [1.165, 1.54) is 6.26 Å². The molecule has 0 bridgehead atoms. The number of carbonyl (C=O) groups is 1. The Morgan fingerprint density at radius 2 is 2.20 bits per heavy atom. The number of amides is 1. The third-order valence-electron chi connectivity index (χ3n) is 4.02. The molecule has 25 heavy (non-hydrogen) atoms. The number of carbonyl (C=O) groups excluding carboxylic acids is 1. The number of halogens is 2. The quantitative estimate of drug-likeness (QED) is 0.856. The van der Waals surface area contributed by atoms with Crippen LogP contribution in [0.2, 0.25) is 5.02 Å². The Kier molecular flexibility index (Phi) is 5.12. The molecule has 1 aliphatic heterocycles. The van der Waals surface area contributed by atoms with Crippen LogP contribution in [0.5, 0.6) is 0 Å². The molecule has 134 valence electrons. The van der Waals surface area contributed by atoms with E-state index >= 15 is 0 Å². The van der Waals surface area contributed by atoms with Gasteiger partial charge in [-0.2, -0.15) is 4.31 Å². The first-order valence-corrected chi connectivity index (χ1v) is 9.48. The lowest BCUT2D eigenvalue weighted by atomic mass is 10.2. The molecule has 0 spiro atoms. The molecule has 1 aromatic heterocycles. The fourth-order valence-corrected chi connectivity index (χ4v) is 4.70. The summed E-state index contributed by atoms with van der Waals surface area (Å²) in [6.07, 6.45) is 2.47. The smallest absolute Gasteiger partial charge is 0.243 e. The summed E-state index contributed by atoms with van der Waals surface area (Å²) in [6, 6.07) is 5.80. The Balaban J connectivity index is 1.77.